The summed E-state index contributed by atoms with van der Waals surface area (Å²) in [5, 5.41) is 22.0. The minimum absolute atomic E-state index is 0.0435. The second kappa shape index (κ2) is 9.77. The molecule has 2 bridgehead atoms. The second-order valence-corrected chi connectivity index (χ2v) is 13.7. The second-order valence-electron chi connectivity index (χ2n) is 12.5. The van der Waals surface area contributed by atoms with Gasteiger partial charge in [-0.25, -0.2) is 0 Å². The number of aliphatic hydroxyl groups is 2. The Kier molecular flexibility index (Phi) is 7.58. The number of esters is 1. The van der Waals surface area contributed by atoms with Crippen molar-refractivity contribution in [3.63, 3.8) is 0 Å². The molecule has 4 aliphatic rings. The maximum absolute atomic E-state index is 13.5. The highest BCUT2D eigenvalue weighted by molar-refractivity contribution is 8.00. The van der Waals surface area contributed by atoms with Gasteiger partial charge in [0.2, 0.25) is 0 Å². The Balaban J connectivity index is 1.63. The van der Waals surface area contributed by atoms with Crippen LogP contribution in [0.4, 0.5) is 0 Å². The van der Waals surface area contributed by atoms with Crippen LogP contribution in [0.25, 0.3) is 0 Å². The molecular weight excluding hydrogens is 462 g/mol. The quantitative estimate of drug-likeness (QED) is 0.383. The Hall–Kier alpha value is -0.890. The molecule has 4 fully saturated rings. The summed E-state index contributed by atoms with van der Waals surface area (Å²) in [7, 11) is 0. The number of aliphatic hydroxyl groups excluding tert-OH is 2. The first-order chi connectivity index (χ1) is 16.4. The van der Waals surface area contributed by atoms with Crippen molar-refractivity contribution < 1.29 is 24.5 Å². The Morgan fingerprint density at radius 2 is 1.94 bits per heavy atom. The molecule has 7 heteroatoms. The van der Waals surface area contributed by atoms with Crippen LogP contribution < -0.4 is 5.73 Å². The molecule has 0 amide bonds. The molecule has 6 nitrogen and oxygen atoms in total. The van der Waals surface area contributed by atoms with Gasteiger partial charge in [0.15, 0.2) is 0 Å². The highest BCUT2D eigenvalue weighted by Gasteiger charge is 2.68. The van der Waals surface area contributed by atoms with E-state index < -0.39 is 29.1 Å². The molecule has 4 saturated carbocycles. The van der Waals surface area contributed by atoms with Gasteiger partial charge in [0.25, 0.3) is 0 Å². The summed E-state index contributed by atoms with van der Waals surface area (Å²) >= 11 is 1.42. The summed E-state index contributed by atoms with van der Waals surface area (Å²) in [6.45, 7) is 12.5. The Bertz CT molecular complexity index is 851. The van der Waals surface area contributed by atoms with Crippen molar-refractivity contribution in [3.8, 4) is 0 Å². The number of hydrogen-bond donors (Lipinski definition) is 3. The largest absolute Gasteiger partial charge is 0.461 e. The van der Waals surface area contributed by atoms with Crippen LogP contribution in [-0.2, 0) is 14.3 Å². The fraction of sp³-hybridized carbons (Fsp3) is 0.857. The maximum Gasteiger partial charge on any atom is 0.316 e. The fourth-order valence-corrected chi connectivity index (χ4v) is 9.37. The van der Waals surface area contributed by atoms with Crippen molar-refractivity contribution in [1.29, 1.82) is 0 Å². The van der Waals surface area contributed by atoms with Crippen molar-refractivity contribution >= 4 is 23.5 Å². The Morgan fingerprint density at radius 3 is 2.63 bits per heavy atom. The van der Waals surface area contributed by atoms with E-state index >= 15 is 0 Å². The van der Waals surface area contributed by atoms with Crippen LogP contribution in [0.15, 0.2) is 12.7 Å². The molecule has 0 spiro atoms. The molecule has 0 aliphatic heterocycles. The van der Waals surface area contributed by atoms with E-state index in [4.69, 9.17) is 10.5 Å². The van der Waals surface area contributed by atoms with Crippen molar-refractivity contribution in [1.82, 2.24) is 0 Å². The van der Waals surface area contributed by atoms with Gasteiger partial charge in [-0.3, -0.25) is 9.59 Å². The van der Waals surface area contributed by atoms with Gasteiger partial charge in [0.1, 0.15) is 11.9 Å². The van der Waals surface area contributed by atoms with Gasteiger partial charge in [-0.2, -0.15) is 0 Å². The highest BCUT2D eigenvalue weighted by atomic mass is 32.2. The first kappa shape index (κ1) is 27.2. The number of carbonyl (C=O) groups is 2. The molecule has 0 aromatic carbocycles. The molecule has 0 radical (unpaired) electrons. The molecule has 4 aliphatic carbocycles. The standard InChI is InChI=1S/C28H45NO5S/c1-6-26(4)14-21(34-22(31)15-35-20-9-7-8-18(29)23(20)32)27(5)16(2)10-12-28(17(3)25(26)33)13-11-19(30)24(27)28/h6,16-18,20-21,23-25,32-33H,1,7-15,29H2,2-5H3/t16-,17+,18-,20-,21-,23-,24+,25+,26-,27+,28+/m1/s1. The van der Waals surface area contributed by atoms with Gasteiger partial charge in [0, 0.05) is 34.5 Å². The predicted octanol–water partition coefficient (Wildman–Crippen LogP) is 3.87. The van der Waals surface area contributed by atoms with Crippen molar-refractivity contribution in [2.24, 2.45) is 39.7 Å². The zero-order valence-electron chi connectivity index (χ0n) is 21.9. The van der Waals surface area contributed by atoms with Crippen LogP contribution >= 0.6 is 11.8 Å². The zero-order chi connectivity index (χ0) is 25.8. The van der Waals surface area contributed by atoms with Crippen LogP contribution in [0.3, 0.4) is 0 Å². The van der Waals surface area contributed by atoms with Gasteiger partial charge >= 0.3 is 5.97 Å². The van der Waals surface area contributed by atoms with Crippen LogP contribution in [0.2, 0.25) is 0 Å². The summed E-state index contributed by atoms with van der Waals surface area (Å²) in [6.07, 6.45) is 6.27. The lowest BCUT2D eigenvalue weighted by atomic mass is 9.44. The van der Waals surface area contributed by atoms with E-state index in [0.29, 0.717) is 12.8 Å². The molecule has 0 heterocycles. The smallest absolute Gasteiger partial charge is 0.316 e. The molecular formula is C28H45NO5S. The number of Topliss-reactive ketones (excluding diaryl/α,β-unsaturated/α-hetero) is 1. The van der Waals surface area contributed by atoms with E-state index in [1.54, 1.807) is 0 Å². The van der Waals surface area contributed by atoms with Gasteiger partial charge < -0.3 is 20.7 Å². The van der Waals surface area contributed by atoms with Gasteiger partial charge in [-0.05, 0) is 55.8 Å². The van der Waals surface area contributed by atoms with Crippen molar-refractivity contribution in [2.45, 2.75) is 109 Å². The SMILES string of the molecule is C=C[C@]1(C)C[C@@H](OC(=O)CS[C@@H]2CCC[C@@H](N)[C@H]2O)[C@]2(C)[C@H](C)CC[C@]3(CCC(=O)[C@H]32)[C@@H](C)[C@@H]1O. The van der Waals surface area contributed by atoms with E-state index in [2.05, 4.69) is 27.4 Å². The number of rotatable bonds is 5. The number of ether oxygens (including phenoxy) is 1. The summed E-state index contributed by atoms with van der Waals surface area (Å²) < 4.78 is 6.29. The lowest BCUT2D eigenvalue weighted by molar-refractivity contribution is -0.205. The van der Waals surface area contributed by atoms with E-state index in [1.807, 2.05) is 13.0 Å². The van der Waals surface area contributed by atoms with Crippen molar-refractivity contribution in [3.05, 3.63) is 12.7 Å². The number of ketones is 1. The third kappa shape index (κ3) is 4.32. The van der Waals surface area contributed by atoms with Gasteiger partial charge in [-0.1, -0.05) is 40.2 Å². The topological polar surface area (TPSA) is 110 Å². The van der Waals surface area contributed by atoms with E-state index in [0.717, 1.165) is 38.5 Å². The number of carbonyl (C=O) groups excluding carboxylic acids is 2. The zero-order valence-corrected chi connectivity index (χ0v) is 22.7. The monoisotopic (exact) mass is 507 g/mol. The third-order valence-electron chi connectivity index (χ3n) is 10.8. The summed E-state index contributed by atoms with van der Waals surface area (Å²) in [6, 6.07) is -0.247. The first-order valence-electron chi connectivity index (χ1n) is 13.5. The van der Waals surface area contributed by atoms with Crippen molar-refractivity contribution in [2.75, 3.05) is 5.75 Å². The molecule has 0 unspecified atom stereocenters. The molecule has 11 atom stereocenters. The average molecular weight is 508 g/mol. The number of nitrogens with two attached hydrogens (primary N) is 1. The molecule has 0 aromatic rings. The molecule has 198 valence electrons. The van der Waals surface area contributed by atoms with E-state index in [1.165, 1.54) is 11.8 Å². The van der Waals surface area contributed by atoms with E-state index in [9.17, 15) is 19.8 Å². The van der Waals surface area contributed by atoms with Gasteiger partial charge in [-0.15, -0.1) is 18.3 Å². The molecule has 0 saturated heterocycles. The van der Waals surface area contributed by atoms with Crippen LogP contribution in [0, 0.1) is 34.0 Å². The van der Waals surface area contributed by atoms with Crippen LogP contribution in [-0.4, -0.2) is 57.3 Å². The maximum atomic E-state index is 13.5. The van der Waals surface area contributed by atoms with Crippen LogP contribution in [0.5, 0.6) is 0 Å². The molecule has 4 rings (SSSR count). The lowest BCUT2D eigenvalue weighted by Crippen LogP contribution is -2.63. The summed E-state index contributed by atoms with van der Waals surface area (Å²) in [4.78, 5) is 26.7. The minimum atomic E-state index is -0.666. The molecule has 35 heavy (non-hydrogen) atoms. The molecule has 4 N–H and O–H groups in total. The van der Waals surface area contributed by atoms with Crippen LogP contribution in [0.1, 0.15) is 79.1 Å². The number of hydrogen-bond acceptors (Lipinski definition) is 7. The summed E-state index contributed by atoms with van der Waals surface area (Å²) in [5.74, 6) is 0.0243. The fourth-order valence-electron chi connectivity index (χ4n) is 8.22. The van der Waals surface area contributed by atoms with Gasteiger partial charge in [0.05, 0.1) is 18.0 Å². The Morgan fingerprint density at radius 1 is 1.23 bits per heavy atom. The highest BCUT2D eigenvalue weighted by Crippen LogP contribution is 2.68. The minimum Gasteiger partial charge on any atom is -0.461 e. The first-order valence-corrected chi connectivity index (χ1v) is 14.5. The summed E-state index contributed by atoms with van der Waals surface area (Å²) in [5.41, 5.74) is 4.62. The van der Waals surface area contributed by atoms with E-state index in [-0.39, 0.29) is 52.0 Å². The number of thioether (sulfide) groups is 1. The third-order valence-corrected chi connectivity index (χ3v) is 12.2. The molecule has 0 aromatic heterocycles. The lowest BCUT2D eigenvalue weighted by Gasteiger charge is -2.61. The average Bonchev–Trinajstić information content (AvgIpc) is 3.18. The Labute approximate surface area is 214 Å². The predicted molar refractivity (Wildman–Crippen MR) is 139 cm³/mol. The normalized spacial score (nSPS) is 50.1.